The predicted molar refractivity (Wildman–Crippen MR) is 164 cm³/mol. The van der Waals surface area contributed by atoms with Crippen molar-refractivity contribution in [3.63, 3.8) is 0 Å². The maximum Gasteiger partial charge on any atom is 0.270 e. The zero-order chi connectivity index (χ0) is 28.6. The van der Waals surface area contributed by atoms with E-state index in [0.29, 0.717) is 25.3 Å². The number of nitrogens with one attached hydrogen (secondary N) is 1. The summed E-state index contributed by atoms with van der Waals surface area (Å²) >= 11 is 1.54. The van der Waals surface area contributed by atoms with Crippen LogP contribution in [0.3, 0.4) is 0 Å². The first-order valence-corrected chi connectivity index (χ1v) is 15.2. The average Bonchev–Trinajstić information content (AvgIpc) is 3.51. The number of carbonyl (C=O) groups excluding carboxylic acids is 2. The summed E-state index contributed by atoms with van der Waals surface area (Å²) in [6.07, 6.45) is 2.47. The number of amides is 2. The molecule has 2 heterocycles. The third-order valence-electron chi connectivity index (χ3n) is 7.91. The van der Waals surface area contributed by atoms with Gasteiger partial charge in [0.1, 0.15) is 11.4 Å². The van der Waals surface area contributed by atoms with E-state index in [0.717, 1.165) is 35.6 Å². The molecule has 212 valence electrons. The van der Waals surface area contributed by atoms with Crippen molar-refractivity contribution in [1.82, 2.24) is 15.2 Å². The first-order chi connectivity index (χ1) is 20.0. The number of ether oxygens (including phenoxy) is 1. The van der Waals surface area contributed by atoms with Crippen LogP contribution in [0, 0.1) is 13.8 Å². The molecule has 1 N–H and O–H groups in total. The van der Waals surface area contributed by atoms with Gasteiger partial charge in [0, 0.05) is 36.9 Å². The first-order valence-electron chi connectivity index (χ1n) is 14.3. The minimum atomic E-state index is -0.136. The Morgan fingerprint density at radius 3 is 2.24 bits per heavy atom. The van der Waals surface area contributed by atoms with Gasteiger partial charge >= 0.3 is 0 Å². The number of likely N-dealkylation sites (tertiary alicyclic amines) is 1. The number of aryl methyl sites for hydroxylation is 2. The van der Waals surface area contributed by atoms with E-state index >= 15 is 0 Å². The molecular weight excluding hydrogens is 530 g/mol. The molecule has 1 saturated heterocycles. The second kappa shape index (κ2) is 13.6. The fraction of sp³-hybridized carbons (Fsp3) is 0.324. The molecule has 6 nitrogen and oxygen atoms in total. The first kappa shape index (κ1) is 28.6. The highest BCUT2D eigenvalue weighted by atomic mass is 32.1. The van der Waals surface area contributed by atoms with Crippen LogP contribution < -0.4 is 10.1 Å². The minimum absolute atomic E-state index is 0.00481. The summed E-state index contributed by atoms with van der Waals surface area (Å²) in [4.78, 5) is 32.2. The molecule has 1 aliphatic rings. The van der Waals surface area contributed by atoms with E-state index in [-0.39, 0.29) is 30.3 Å². The van der Waals surface area contributed by atoms with Crippen LogP contribution >= 0.6 is 11.3 Å². The summed E-state index contributed by atoms with van der Waals surface area (Å²) < 4.78 is 5.75. The van der Waals surface area contributed by atoms with Crippen molar-refractivity contribution in [2.45, 2.75) is 44.9 Å². The number of hydrogen-bond acceptors (Lipinski definition) is 5. The van der Waals surface area contributed by atoms with E-state index in [1.807, 2.05) is 47.5 Å². The lowest BCUT2D eigenvalue weighted by atomic mass is 9.88. The Kier molecular flexibility index (Phi) is 9.47. The van der Waals surface area contributed by atoms with Gasteiger partial charge in [0.15, 0.2) is 6.61 Å². The molecule has 0 saturated carbocycles. The zero-order valence-electron chi connectivity index (χ0n) is 23.7. The largest absolute Gasteiger partial charge is 0.484 e. The Hall–Kier alpha value is -3.97. The van der Waals surface area contributed by atoms with Gasteiger partial charge in [0.2, 0.25) is 0 Å². The standard InChI is InChI=1S/C34H37N3O3S/c1-24-13-14-29(21-25(24)2)40-22-32(38)37-19-16-28(17-20-37)34-36-31(23-41-34)33(39)35-18-15-30(26-9-5-3-6-10-26)27-11-7-4-8-12-27/h3-14,21,23,28,30H,15-20,22H2,1-2H3,(H,35,39). The smallest absolute Gasteiger partial charge is 0.270 e. The van der Waals surface area contributed by atoms with E-state index in [1.54, 1.807) is 0 Å². The van der Waals surface area contributed by atoms with Gasteiger partial charge in [-0.05, 0) is 67.5 Å². The van der Waals surface area contributed by atoms with Gasteiger partial charge < -0.3 is 15.0 Å². The normalized spacial score (nSPS) is 13.8. The van der Waals surface area contributed by atoms with Gasteiger partial charge in [-0.15, -0.1) is 11.3 Å². The summed E-state index contributed by atoms with van der Waals surface area (Å²) in [5, 5.41) is 5.90. The van der Waals surface area contributed by atoms with E-state index in [2.05, 4.69) is 65.8 Å². The zero-order valence-corrected chi connectivity index (χ0v) is 24.5. The molecule has 1 aromatic heterocycles. The second-order valence-electron chi connectivity index (χ2n) is 10.7. The fourth-order valence-corrected chi connectivity index (χ4v) is 6.28. The van der Waals surface area contributed by atoms with Crippen molar-refractivity contribution < 1.29 is 14.3 Å². The van der Waals surface area contributed by atoms with Crippen LogP contribution in [-0.2, 0) is 4.79 Å². The maximum absolute atomic E-state index is 12.9. The van der Waals surface area contributed by atoms with Crippen molar-refractivity contribution in [3.8, 4) is 5.75 Å². The van der Waals surface area contributed by atoms with E-state index < -0.39 is 0 Å². The Labute approximate surface area is 246 Å². The number of nitrogens with zero attached hydrogens (tertiary/aromatic N) is 2. The number of carbonyl (C=O) groups is 2. The van der Waals surface area contributed by atoms with Gasteiger partial charge in [0.25, 0.3) is 11.8 Å². The number of rotatable bonds is 10. The van der Waals surface area contributed by atoms with Gasteiger partial charge in [0.05, 0.1) is 5.01 Å². The monoisotopic (exact) mass is 567 g/mol. The third kappa shape index (κ3) is 7.41. The predicted octanol–water partition coefficient (Wildman–Crippen LogP) is 6.50. The summed E-state index contributed by atoms with van der Waals surface area (Å²) in [7, 11) is 0. The molecule has 1 aliphatic heterocycles. The summed E-state index contributed by atoms with van der Waals surface area (Å²) in [5.74, 6) is 1.06. The van der Waals surface area contributed by atoms with E-state index in [1.165, 1.54) is 28.0 Å². The van der Waals surface area contributed by atoms with Gasteiger partial charge in [-0.3, -0.25) is 9.59 Å². The number of benzene rings is 3. The lowest BCUT2D eigenvalue weighted by Gasteiger charge is -2.31. The molecule has 5 rings (SSSR count). The average molecular weight is 568 g/mol. The van der Waals surface area contributed by atoms with Crippen molar-refractivity contribution >= 4 is 23.2 Å². The van der Waals surface area contributed by atoms with Crippen LogP contribution in [0.2, 0.25) is 0 Å². The Morgan fingerprint density at radius 2 is 1.61 bits per heavy atom. The number of aromatic nitrogens is 1. The topological polar surface area (TPSA) is 71.5 Å². The van der Waals surface area contributed by atoms with Crippen molar-refractivity contribution in [1.29, 1.82) is 0 Å². The van der Waals surface area contributed by atoms with Crippen molar-refractivity contribution in [3.05, 3.63) is 117 Å². The molecule has 0 atom stereocenters. The molecule has 7 heteroatoms. The number of hydrogen-bond donors (Lipinski definition) is 1. The summed E-state index contributed by atoms with van der Waals surface area (Å²) in [5.41, 5.74) is 5.31. The second-order valence-corrected chi connectivity index (χ2v) is 11.6. The SMILES string of the molecule is Cc1ccc(OCC(=O)N2CCC(c3nc(C(=O)NCCC(c4ccccc4)c4ccccc4)cs3)CC2)cc1C. The van der Waals surface area contributed by atoms with E-state index in [4.69, 9.17) is 4.74 Å². The molecular formula is C34H37N3O3S. The maximum atomic E-state index is 12.9. The van der Waals surface area contributed by atoms with Crippen molar-refractivity contribution in [2.75, 3.05) is 26.2 Å². The van der Waals surface area contributed by atoms with Crippen LogP contribution in [0.25, 0.3) is 0 Å². The molecule has 0 spiro atoms. The van der Waals surface area contributed by atoms with Crippen LogP contribution in [0.5, 0.6) is 5.75 Å². The Bertz CT molecular complexity index is 1410. The van der Waals surface area contributed by atoms with Gasteiger partial charge in [-0.1, -0.05) is 66.7 Å². The van der Waals surface area contributed by atoms with Gasteiger partial charge in [-0.25, -0.2) is 4.98 Å². The number of piperidine rings is 1. The molecule has 1 fully saturated rings. The lowest BCUT2D eigenvalue weighted by Crippen LogP contribution is -2.40. The van der Waals surface area contributed by atoms with Crippen LogP contribution in [-0.4, -0.2) is 47.9 Å². The third-order valence-corrected chi connectivity index (χ3v) is 8.92. The molecule has 0 unspecified atom stereocenters. The number of thiazole rings is 1. The highest BCUT2D eigenvalue weighted by Gasteiger charge is 2.26. The Balaban J connectivity index is 1.09. The van der Waals surface area contributed by atoms with Crippen molar-refractivity contribution in [2.24, 2.45) is 0 Å². The fourth-order valence-electron chi connectivity index (χ4n) is 5.31. The lowest BCUT2D eigenvalue weighted by molar-refractivity contribution is -0.134. The van der Waals surface area contributed by atoms with Gasteiger partial charge in [-0.2, -0.15) is 0 Å². The Morgan fingerprint density at radius 1 is 0.951 bits per heavy atom. The van der Waals surface area contributed by atoms with E-state index in [9.17, 15) is 9.59 Å². The molecule has 3 aromatic carbocycles. The molecule has 41 heavy (non-hydrogen) atoms. The molecule has 4 aromatic rings. The molecule has 0 radical (unpaired) electrons. The quantitative estimate of drug-likeness (QED) is 0.238. The van der Waals surface area contributed by atoms with Crippen LogP contribution in [0.1, 0.15) is 68.8 Å². The molecule has 2 amide bonds. The summed E-state index contributed by atoms with van der Waals surface area (Å²) in [6, 6.07) is 26.7. The highest BCUT2D eigenvalue weighted by molar-refractivity contribution is 7.09. The van der Waals surface area contributed by atoms with Crippen LogP contribution in [0.15, 0.2) is 84.2 Å². The minimum Gasteiger partial charge on any atom is -0.484 e. The summed E-state index contributed by atoms with van der Waals surface area (Å²) in [6.45, 7) is 6.04. The molecule has 0 bridgehead atoms. The molecule has 0 aliphatic carbocycles. The van der Waals surface area contributed by atoms with Crippen LogP contribution in [0.4, 0.5) is 0 Å². The highest BCUT2D eigenvalue weighted by Crippen LogP contribution is 2.31.